The molecule has 31 heavy (non-hydrogen) atoms. The number of nitrogens with zero attached hydrogens (tertiary/aromatic N) is 3. The van der Waals surface area contributed by atoms with Gasteiger partial charge >= 0.3 is 6.03 Å². The van der Waals surface area contributed by atoms with E-state index in [4.69, 9.17) is 20.6 Å². The van der Waals surface area contributed by atoms with Gasteiger partial charge in [0.05, 0.1) is 12.3 Å². The second kappa shape index (κ2) is 9.35. The van der Waals surface area contributed by atoms with Crippen LogP contribution in [0.3, 0.4) is 0 Å². The molecule has 2 atom stereocenters. The van der Waals surface area contributed by atoms with Gasteiger partial charge in [-0.15, -0.1) is 4.36 Å². The van der Waals surface area contributed by atoms with Gasteiger partial charge in [0.2, 0.25) is 5.90 Å². The first kappa shape index (κ1) is 23.2. The Morgan fingerprint density at radius 1 is 1.42 bits per heavy atom. The Labute approximate surface area is 184 Å². The number of pyridine rings is 1. The number of aliphatic imine (C=N–C) groups is 1. The minimum absolute atomic E-state index is 0.0725. The van der Waals surface area contributed by atoms with Crippen LogP contribution in [-0.2, 0) is 27.5 Å². The highest BCUT2D eigenvalue weighted by Crippen LogP contribution is 2.34. The Bertz CT molecular complexity index is 1050. The molecule has 2 aliphatic rings. The van der Waals surface area contributed by atoms with E-state index in [1.165, 1.54) is 0 Å². The highest BCUT2D eigenvalue weighted by Gasteiger charge is 2.26. The lowest BCUT2D eigenvalue weighted by molar-refractivity contribution is 0.218. The Hall–Kier alpha value is -2.46. The Balaban J connectivity index is 1.90. The summed E-state index contributed by atoms with van der Waals surface area (Å²) in [6.45, 7) is 9.04. The van der Waals surface area contributed by atoms with E-state index < -0.39 is 15.9 Å². The molecule has 1 aliphatic heterocycles. The fourth-order valence-corrected chi connectivity index (χ4v) is 4.89. The predicted molar refractivity (Wildman–Crippen MR) is 123 cm³/mol. The van der Waals surface area contributed by atoms with E-state index in [9.17, 15) is 9.00 Å². The molecule has 0 spiro atoms. The van der Waals surface area contributed by atoms with Crippen LogP contribution in [-0.4, -0.2) is 34.3 Å². The van der Waals surface area contributed by atoms with E-state index in [-0.39, 0.29) is 22.6 Å². The van der Waals surface area contributed by atoms with E-state index in [2.05, 4.69) is 28.5 Å². The third-order valence-electron chi connectivity index (χ3n) is 5.71. The van der Waals surface area contributed by atoms with E-state index >= 15 is 0 Å². The van der Waals surface area contributed by atoms with Gasteiger partial charge in [-0.1, -0.05) is 20.8 Å². The Morgan fingerprint density at radius 3 is 2.74 bits per heavy atom. The van der Waals surface area contributed by atoms with E-state index in [0.29, 0.717) is 18.8 Å². The molecule has 0 saturated heterocycles. The standard InChI is InChI=1S/C21H32N6O3S/c1-5-14-10-24-20(30-11-14)17(9-22)31(23,29)27-21(28)26-19-13(4)18(12(2)3)25-16-8-6-7-15(16)19/h9,12,14H,5-8,10-11,22H2,1-4H3,(H3,23,25,26,27,28,29)/b17-9+. The average Bonchev–Trinajstić information content (AvgIpc) is 3.18. The molecule has 3 rings (SSSR count). The molecule has 1 aliphatic carbocycles. The van der Waals surface area contributed by atoms with Gasteiger partial charge < -0.3 is 15.8 Å². The molecule has 9 nitrogen and oxygen atoms in total. The molecule has 0 aromatic carbocycles. The molecule has 0 radical (unpaired) electrons. The average molecular weight is 449 g/mol. The zero-order valence-electron chi connectivity index (χ0n) is 18.6. The number of carbonyl (C=O) groups is 1. The van der Waals surface area contributed by atoms with E-state index in [1.807, 2.05) is 13.8 Å². The minimum Gasteiger partial charge on any atom is -0.477 e. The minimum atomic E-state index is -3.64. The second-order valence-corrected chi connectivity index (χ2v) is 10.0. The van der Waals surface area contributed by atoms with Crippen LogP contribution in [0.4, 0.5) is 10.5 Å². The van der Waals surface area contributed by atoms with E-state index in [0.717, 1.165) is 54.4 Å². The number of amides is 2. The number of hydrogen-bond acceptors (Lipinski definition) is 6. The lowest BCUT2D eigenvalue weighted by atomic mass is 9.99. The van der Waals surface area contributed by atoms with Gasteiger partial charge in [0.15, 0.2) is 9.92 Å². The molecule has 1 aromatic heterocycles. The SMILES string of the molecule is CCC1CN=C(/C(=C\N)S(N)(=O)=NC(=O)Nc2c(C)c(C(C)C)nc3c2CCC3)OC1. The van der Waals surface area contributed by atoms with Crippen LogP contribution in [0.2, 0.25) is 0 Å². The number of aryl methyl sites for hydroxylation is 1. The van der Waals surface area contributed by atoms with Gasteiger partial charge in [-0.25, -0.2) is 14.1 Å². The van der Waals surface area contributed by atoms with Gasteiger partial charge in [-0.3, -0.25) is 9.98 Å². The summed E-state index contributed by atoms with van der Waals surface area (Å²) in [7, 11) is -3.64. The largest absolute Gasteiger partial charge is 0.477 e. The van der Waals surface area contributed by atoms with Crippen molar-refractivity contribution in [2.24, 2.45) is 26.1 Å². The number of nitrogens with two attached hydrogens (primary N) is 2. The van der Waals surface area contributed by atoms with Crippen LogP contribution in [0.1, 0.15) is 62.0 Å². The van der Waals surface area contributed by atoms with Crippen molar-refractivity contribution in [1.29, 1.82) is 0 Å². The summed E-state index contributed by atoms with van der Waals surface area (Å²) in [5.74, 6) is 0.570. The summed E-state index contributed by atoms with van der Waals surface area (Å²) in [5, 5.41) is 8.74. The van der Waals surface area contributed by atoms with E-state index in [1.54, 1.807) is 0 Å². The predicted octanol–water partition coefficient (Wildman–Crippen LogP) is 3.13. The molecule has 5 N–H and O–H groups in total. The van der Waals surface area contributed by atoms with Crippen LogP contribution in [0.15, 0.2) is 20.5 Å². The number of ether oxygens (including phenoxy) is 1. The summed E-state index contributed by atoms with van der Waals surface area (Å²) < 4.78 is 22.4. The van der Waals surface area contributed by atoms with Crippen LogP contribution in [0.5, 0.6) is 0 Å². The third kappa shape index (κ3) is 4.90. The maximum atomic E-state index is 13.1. The highest BCUT2D eigenvalue weighted by molar-refractivity contribution is 7.96. The van der Waals surface area contributed by atoms with Crippen molar-refractivity contribution in [1.82, 2.24) is 4.98 Å². The monoisotopic (exact) mass is 448 g/mol. The number of fused-ring (bicyclic) bond motifs is 1. The summed E-state index contributed by atoms with van der Waals surface area (Å²) in [4.78, 5) is 21.8. The van der Waals surface area contributed by atoms with Crippen molar-refractivity contribution >= 4 is 27.5 Å². The Kier molecular flexibility index (Phi) is 7.00. The number of carbonyl (C=O) groups excluding carboxylic acids is 1. The lowest BCUT2D eigenvalue weighted by Crippen LogP contribution is -2.30. The van der Waals surface area contributed by atoms with Crippen LogP contribution in [0.25, 0.3) is 0 Å². The molecule has 0 saturated carbocycles. The van der Waals surface area contributed by atoms with Gasteiger partial charge in [-0.05, 0) is 49.7 Å². The van der Waals surface area contributed by atoms with Gasteiger partial charge in [0.1, 0.15) is 4.91 Å². The molecule has 2 amide bonds. The fourth-order valence-electron chi connectivity index (χ4n) is 3.93. The van der Waals surface area contributed by atoms with Crippen LogP contribution in [0, 0.1) is 12.8 Å². The maximum absolute atomic E-state index is 13.1. The molecular formula is C21H32N6O3S. The summed E-state index contributed by atoms with van der Waals surface area (Å²) in [5.41, 5.74) is 10.2. The first-order valence-corrected chi connectivity index (χ1v) is 12.2. The Morgan fingerprint density at radius 2 is 2.16 bits per heavy atom. The molecule has 2 unspecified atom stereocenters. The summed E-state index contributed by atoms with van der Waals surface area (Å²) in [6.07, 6.45) is 4.64. The highest BCUT2D eigenvalue weighted by atomic mass is 32.2. The number of nitrogens with one attached hydrogen (secondary N) is 1. The maximum Gasteiger partial charge on any atom is 0.354 e. The third-order valence-corrected chi connectivity index (χ3v) is 7.08. The van der Waals surface area contributed by atoms with Crippen molar-refractivity contribution < 1.29 is 13.7 Å². The van der Waals surface area contributed by atoms with Crippen molar-refractivity contribution in [2.75, 3.05) is 18.5 Å². The zero-order valence-corrected chi connectivity index (χ0v) is 19.4. The number of urea groups is 1. The van der Waals surface area contributed by atoms with Crippen LogP contribution >= 0.6 is 0 Å². The molecule has 170 valence electrons. The first-order valence-electron chi connectivity index (χ1n) is 10.7. The van der Waals surface area contributed by atoms with Gasteiger partial charge in [0, 0.05) is 30.1 Å². The number of hydrogen-bond donors (Lipinski definition) is 3. The molecule has 1 aromatic rings. The number of aromatic nitrogens is 1. The molecule has 0 bridgehead atoms. The van der Waals surface area contributed by atoms with Crippen molar-refractivity contribution in [2.45, 2.75) is 59.3 Å². The van der Waals surface area contributed by atoms with Crippen molar-refractivity contribution in [3.05, 3.63) is 33.6 Å². The van der Waals surface area contributed by atoms with Crippen molar-refractivity contribution in [3.63, 3.8) is 0 Å². The zero-order chi connectivity index (χ0) is 22.8. The molecule has 2 heterocycles. The normalized spacial score (nSPS) is 20.5. The lowest BCUT2D eigenvalue weighted by Gasteiger charge is -2.22. The van der Waals surface area contributed by atoms with Gasteiger partial charge in [-0.2, -0.15) is 0 Å². The topological polar surface area (TPSA) is 145 Å². The van der Waals surface area contributed by atoms with Gasteiger partial charge in [0.25, 0.3) is 0 Å². The summed E-state index contributed by atoms with van der Waals surface area (Å²) in [6, 6.07) is -0.798. The quantitative estimate of drug-likeness (QED) is 0.633. The second-order valence-electron chi connectivity index (χ2n) is 8.28. The number of rotatable bonds is 5. The number of anilines is 1. The fraction of sp³-hybridized carbons (Fsp3) is 0.571. The summed E-state index contributed by atoms with van der Waals surface area (Å²) >= 11 is 0. The molecule has 0 fully saturated rings. The molecule has 10 heteroatoms. The smallest absolute Gasteiger partial charge is 0.354 e. The van der Waals surface area contributed by atoms with Crippen LogP contribution < -0.4 is 16.2 Å². The molecular weight excluding hydrogens is 416 g/mol. The first-order chi connectivity index (χ1) is 14.7. The van der Waals surface area contributed by atoms with Crippen molar-refractivity contribution in [3.8, 4) is 0 Å².